The monoisotopic (exact) mass is 285 g/mol. The Morgan fingerprint density at radius 1 is 1.37 bits per heavy atom. The van der Waals surface area contributed by atoms with Gasteiger partial charge in [-0.25, -0.2) is 4.79 Å². The van der Waals surface area contributed by atoms with Crippen molar-refractivity contribution in [1.29, 1.82) is 0 Å². The fourth-order valence-electron chi connectivity index (χ4n) is 1.92. The summed E-state index contributed by atoms with van der Waals surface area (Å²) >= 11 is 6.10. The highest BCUT2D eigenvalue weighted by atomic mass is 35.5. The lowest BCUT2D eigenvalue weighted by atomic mass is 9.96. The van der Waals surface area contributed by atoms with Crippen molar-refractivity contribution < 1.29 is 15.0 Å². The van der Waals surface area contributed by atoms with E-state index in [2.05, 4.69) is 0 Å². The van der Waals surface area contributed by atoms with Gasteiger partial charge in [0.25, 0.3) is 0 Å². The molecule has 1 amide bonds. The number of carbonyl (C=O) groups is 1. The number of halogens is 1. The summed E-state index contributed by atoms with van der Waals surface area (Å²) in [7, 11) is 0. The molecule has 0 radical (unpaired) electrons. The molecular formula is C14H20ClNO3. The predicted octanol–water partition coefficient (Wildman–Crippen LogP) is 3.19. The first-order chi connectivity index (χ1) is 8.77. The van der Waals surface area contributed by atoms with Crippen molar-refractivity contribution in [2.75, 3.05) is 13.2 Å². The third-order valence-electron chi connectivity index (χ3n) is 3.01. The normalized spacial score (nSPS) is 13.1. The summed E-state index contributed by atoms with van der Waals surface area (Å²) in [5.41, 5.74) is 0.239. The molecule has 5 heteroatoms. The van der Waals surface area contributed by atoms with Gasteiger partial charge in [-0.3, -0.25) is 0 Å². The van der Waals surface area contributed by atoms with E-state index in [0.717, 1.165) is 5.56 Å². The van der Waals surface area contributed by atoms with E-state index in [-0.39, 0.29) is 19.1 Å². The smallest absolute Gasteiger partial charge is 0.407 e. The van der Waals surface area contributed by atoms with Gasteiger partial charge in [0.15, 0.2) is 0 Å². The first-order valence-electron chi connectivity index (χ1n) is 6.13. The number of carboxylic acid groups (broad SMARTS) is 1. The zero-order valence-electron chi connectivity index (χ0n) is 11.4. The molecule has 0 saturated heterocycles. The Hall–Kier alpha value is -1.26. The third kappa shape index (κ3) is 4.11. The molecule has 1 aromatic rings. The van der Waals surface area contributed by atoms with Crippen LogP contribution in [0.25, 0.3) is 0 Å². The van der Waals surface area contributed by atoms with E-state index in [1.807, 2.05) is 32.9 Å². The molecular weight excluding hydrogens is 266 g/mol. The second-order valence-corrected chi connectivity index (χ2v) is 5.87. The highest BCUT2D eigenvalue weighted by molar-refractivity contribution is 6.31. The average Bonchev–Trinajstić information content (AvgIpc) is 2.29. The zero-order chi connectivity index (χ0) is 14.6. The van der Waals surface area contributed by atoms with Crippen molar-refractivity contribution in [3.63, 3.8) is 0 Å². The molecule has 0 saturated carbocycles. The number of benzene rings is 1. The first kappa shape index (κ1) is 15.8. The number of hydrogen-bond donors (Lipinski definition) is 2. The molecule has 1 aromatic carbocycles. The highest BCUT2D eigenvalue weighted by Crippen LogP contribution is 2.27. The van der Waals surface area contributed by atoms with E-state index < -0.39 is 11.6 Å². The van der Waals surface area contributed by atoms with Gasteiger partial charge in [0.2, 0.25) is 0 Å². The van der Waals surface area contributed by atoms with Gasteiger partial charge in [-0.15, -0.1) is 0 Å². The van der Waals surface area contributed by atoms with Crippen LogP contribution in [0, 0.1) is 0 Å². The van der Waals surface area contributed by atoms with Crippen LogP contribution in [-0.2, 0) is 0 Å². The van der Waals surface area contributed by atoms with Crippen molar-refractivity contribution in [2.24, 2.45) is 0 Å². The molecule has 4 nitrogen and oxygen atoms in total. The minimum absolute atomic E-state index is 0.149. The summed E-state index contributed by atoms with van der Waals surface area (Å²) in [5.74, 6) is -0.330. The summed E-state index contributed by atoms with van der Waals surface area (Å²) in [6.07, 6.45) is -1.00. The van der Waals surface area contributed by atoms with Crippen LogP contribution >= 0.6 is 11.6 Å². The first-order valence-corrected chi connectivity index (χ1v) is 6.51. The number of rotatable bonds is 4. The van der Waals surface area contributed by atoms with E-state index in [9.17, 15) is 15.0 Å². The fourth-order valence-corrected chi connectivity index (χ4v) is 2.21. The van der Waals surface area contributed by atoms with E-state index in [1.54, 1.807) is 12.1 Å². The molecule has 0 aliphatic rings. The Bertz CT molecular complexity index is 443. The number of aliphatic hydroxyl groups is 1. The number of hydrogen-bond acceptors (Lipinski definition) is 2. The van der Waals surface area contributed by atoms with Crippen LogP contribution in [-0.4, -0.2) is 39.9 Å². The molecule has 0 aromatic heterocycles. The number of nitrogens with zero attached hydrogens (tertiary/aromatic N) is 1. The predicted molar refractivity (Wildman–Crippen MR) is 75.8 cm³/mol. The quantitative estimate of drug-likeness (QED) is 0.893. The van der Waals surface area contributed by atoms with Gasteiger partial charge in [-0.1, -0.05) is 29.8 Å². The maximum absolute atomic E-state index is 11.3. The Labute approximate surface area is 118 Å². The molecule has 0 spiro atoms. The van der Waals surface area contributed by atoms with Gasteiger partial charge in [0.1, 0.15) is 0 Å². The number of amides is 1. The molecule has 0 heterocycles. The fraction of sp³-hybridized carbons (Fsp3) is 0.500. The molecule has 0 bridgehead atoms. The molecule has 2 N–H and O–H groups in total. The van der Waals surface area contributed by atoms with Crippen LogP contribution in [0.3, 0.4) is 0 Å². The molecule has 1 atom stereocenters. The van der Waals surface area contributed by atoms with Gasteiger partial charge in [0.05, 0.1) is 6.61 Å². The summed E-state index contributed by atoms with van der Waals surface area (Å²) in [4.78, 5) is 12.6. The van der Waals surface area contributed by atoms with Crippen LogP contribution in [0.2, 0.25) is 5.02 Å². The lowest BCUT2D eigenvalue weighted by molar-refractivity contribution is 0.0893. The summed E-state index contributed by atoms with van der Waals surface area (Å²) < 4.78 is 0. The molecule has 0 aliphatic carbocycles. The average molecular weight is 286 g/mol. The van der Waals surface area contributed by atoms with Crippen LogP contribution in [0.5, 0.6) is 0 Å². The van der Waals surface area contributed by atoms with E-state index >= 15 is 0 Å². The van der Waals surface area contributed by atoms with Gasteiger partial charge >= 0.3 is 6.09 Å². The Kier molecular flexibility index (Phi) is 5.20. The maximum Gasteiger partial charge on any atom is 0.407 e. The van der Waals surface area contributed by atoms with Crippen molar-refractivity contribution in [1.82, 2.24) is 4.90 Å². The molecule has 0 fully saturated rings. The minimum Gasteiger partial charge on any atom is -0.465 e. The maximum atomic E-state index is 11.3. The molecule has 19 heavy (non-hydrogen) atoms. The van der Waals surface area contributed by atoms with E-state index in [4.69, 9.17) is 11.6 Å². The molecule has 1 rings (SSSR count). The largest absolute Gasteiger partial charge is 0.465 e. The SMILES string of the molecule is CC(C)(C)N(CC(CO)c1ccccc1Cl)C(=O)O. The minimum atomic E-state index is -1.00. The lowest BCUT2D eigenvalue weighted by Gasteiger charge is -2.35. The van der Waals surface area contributed by atoms with Crippen LogP contribution in [0.4, 0.5) is 4.79 Å². The third-order valence-corrected chi connectivity index (χ3v) is 3.35. The van der Waals surface area contributed by atoms with Crippen molar-refractivity contribution in [3.05, 3.63) is 34.9 Å². The second kappa shape index (κ2) is 6.26. The van der Waals surface area contributed by atoms with Crippen LogP contribution in [0.1, 0.15) is 32.3 Å². The van der Waals surface area contributed by atoms with E-state index in [1.165, 1.54) is 4.90 Å². The van der Waals surface area contributed by atoms with Gasteiger partial charge < -0.3 is 15.1 Å². The summed E-state index contributed by atoms with van der Waals surface area (Å²) in [6, 6.07) is 7.18. The summed E-state index contributed by atoms with van der Waals surface area (Å²) in [6.45, 7) is 5.52. The van der Waals surface area contributed by atoms with Gasteiger partial charge in [-0.05, 0) is 32.4 Å². The Morgan fingerprint density at radius 2 is 1.95 bits per heavy atom. The molecule has 0 aliphatic heterocycles. The van der Waals surface area contributed by atoms with Crippen molar-refractivity contribution >= 4 is 17.7 Å². The standard InChI is InChI=1S/C14H20ClNO3/c1-14(2,3)16(13(18)19)8-10(9-17)11-6-4-5-7-12(11)15/h4-7,10,17H,8-9H2,1-3H3,(H,18,19). The van der Waals surface area contributed by atoms with Gasteiger partial charge in [-0.2, -0.15) is 0 Å². The molecule has 106 valence electrons. The Balaban J connectivity index is 2.99. The highest BCUT2D eigenvalue weighted by Gasteiger charge is 2.29. The van der Waals surface area contributed by atoms with Crippen LogP contribution in [0.15, 0.2) is 24.3 Å². The lowest BCUT2D eigenvalue weighted by Crippen LogP contribution is -2.47. The van der Waals surface area contributed by atoms with Crippen molar-refractivity contribution in [2.45, 2.75) is 32.2 Å². The van der Waals surface area contributed by atoms with E-state index in [0.29, 0.717) is 5.02 Å². The zero-order valence-corrected chi connectivity index (χ0v) is 12.2. The topological polar surface area (TPSA) is 60.8 Å². The van der Waals surface area contributed by atoms with Crippen molar-refractivity contribution in [3.8, 4) is 0 Å². The number of aliphatic hydroxyl groups excluding tert-OH is 1. The second-order valence-electron chi connectivity index (χ2n) is 5.47. The summed E-state index contributed by atoms with van der Waals surface area (Å²) in [5, 5.41) is 19.3. The van der Waals surface area contributed by atoms with Gasteiger partial charge in [0, 0.05) is 23.0 Å². The van der Waals surface area contributed by atoms with Crippen LogP contribution < -0.4 is 0 Å². The molecule has 1 unspecified atom stereocenters. The Morgan fingerprint density at radius 3 is 2.37 bits per heavy atom.